The minimum absolute atomic E-state index is 0.0659. The number of aryl methyl sites for hydroxylation is 2. The average molecular weight is 349 g/mol. The average Bonchev–Trinajstić information content (AvgIpc) is 3.26. The summed E-state index contributed by atoms with van der Waals surface area (Å²) >= 11 is 1.63. The lowest BCUT2D eigenvalue weighted by Crippen LogP contribution is -2.35. The number of aromatic nitrogens is 3. The largest absolute Gasteiger partial charge is 0.384 e. The fourth-order valence-corrected chi connectivity index (χ4v) is 3.66. The topological polar surface area (TPSA) is 72.3 Å². The highest BCUT2D eigenvalue weighted by Gasteiger charge is 2.31. The van der Waals surface area contributed by atoms with Crippen molar-refractivity contribution >= 4 is 23.2 Å². The molecule has 130 valence electrons. The van der Waals surface area contributed by atoms with Crippen LogP contribution in [0.1, 0.15) is 35.3 Å². The molecule has 3 heterocycles. The number of carbonyl (C=O) groups is 1. The number of methoxy groups -OCH3 is 1. The van der Waals surface area contributed by atoms with Crippen LogP contribution in [0.5, 0.6) is 0 Å². The Balaban J connectivity index is 1.69. The Morgan fingerprint density at radius 2 is 2.38 bits per heavy atom. The summed E-state index contributed by atoms with van der Waals surface area (Å²) < 4.78 is 6.77. The molecule has 1 aliphatic rings. The van der Waals surface area contributed by atoms with Crippen LogP contribution in [0, 0.1) is 6.92 Å². The van der Waals surface area contributed by atoms with Crippen LogP contribution in [0.3, 0.4) is 0 Å². The van der Waals surface area contributed by atoms with Gasteiger partial charge in [0.2, 0.25) is 0 Å². The van der Waals surface area contributed by atoms with Crippen LogP contribution >= 0.6 is 11.3 Å². The summed E-state index contributed by atoms with van der Waals surface area (Å²) in [5.41, 5.74) is 1.90. The van der Waals surface area contributed by atoms with Crippen LogP contribution in [-0.2, 0) is 18.2 Å². The first-order valence-electron chi connectivity index (χ1n) is 8.10. The first-order valence-corrected chi connectivity index (χ1v) is 8.98. The van der Waals surface area contributed by atoms with Crippen molar-refractivity contribution < 1.29 is 9.53 Å². The number of likely N-dealkylation sites (tertiary alicyclic amines) is 1. The van der Waals surface area contributed by atoms with E-state index in [1.807, 2.05) is 24.9 Å². The zero-order valence-electron chi connectivity index (χ0n) is 14.3. The number of nitrogens with one attached hydrogen (secondary N) is 1. The standard InChI is InChI=1S/C16H23N5O2S/c1-11-17-13(10-24-11)14-5-4-7-21(14)16(22)18-15-9-12(6-8-23-3)19-20(15)2/h9-10,14H,4-8H2,1-3H3,(H,18,22)/t14-/m1/s1. The Kier molecular flexibility index (Phi) is 5.15. The number of hydrogen-bond donors (Lipinski definition) is 1. The lowest BCUT2D eigenvalue weighted by Gasteiger charge is -2.23. The van der Waals surface area contributed by atoms with E-state index in [0.29, 0.717) is 12.4 Å². The van der Waals surface area contributed by atoms with E-state index >= 15 is 0 Å². The van der Waals surface area contributed by atoms with E-state index in [2.05, 4.69) is 20.8 Å². The molecule has 0 bridgehead atoms. The van der Waals surface area contributed by atoms with Gasteiger partial charge in [0.05, 0.1) is 29.0 Å². The molecular weight excluding hydrogens is 326 g/mol. The lowest BCUT2D eigenvalue weighted by molar-refractivity contribution is 0.201. The van der Waals surface area contributed by atoms with Crippen LogP contribution in [-0.4, -0.2) is 46.0 Å². The van der Waals surface area contributed by atoms with Crippen LogP contribution in [0.4, 0.5) is 10.6 Å². The molecule has 0 aromatic carbocycles. The molecule has 0 saturated carbocycles. The van der Waals surface area contributed by atoms with Gasteiger partial charge in [0.1, 0.15) is 5.82 Å². The van der Waals surface area contributed by atoms with Crippen molar-refractivity contribution in [3.8, 4) is 0 Å². The number of anilines is 1. The van der Waals surface area contributed by atoms with Gasteiger partial charge in [-0.15, -0.1) is 11.3 Å². The van der Waals surface area contributed by atoms with Gasteiger partial charge in [0, 0.05) is 38.6 Å². The highest BCUT2D eigenvalue weighted by molar-refractivity contribution is 7.09. The lowest BCUT2D eigenvalue weighted by atomic mass is 10.2. The van der Waals surface area contributed by atoms with Crippen molar-refractivity contribution in [1.29, 1.82) is 0 Å². The molecule has 1 aliphatic heterocycles. The molecule has 2 amide bonds. The Hall–Kier alpha value is -1.93. The van der Waals surface area contributed by atoms with E-state index < -0.39 is 0 Å². The fraction of sp³-hybridized carbons (Fsp3) is 0.562. The summed E-state index contributed by atoms with van der Waals surface area (Å²) in [7, 11) is 3.50. The number of amides is 2. The van der Waals surface area contributed by atoms with Crippen LogP contribution < -0.4 is 5.32 Å². The van der Waals surface area contributed by atoms with Gasteiger partial charge in [-0.3, -0.25) is 10.00 Å². The molecule has 0 radical (unpaired) electrons. The summed E-state index contributed by atoms with van der Waals surface area (Å²) in [6, 6.07) is 1.87. The zero-order chi connectivity index (χ0) is 17.1. The Morgan fingerprint density at radius 1 is 1.54 bits per heavy atom. The van der Waals surface area contributed by atoms with Crippen LogP contribution in [0.15, 0.2) is 11.4 Å². The van der Waals surface area contributed by atoms with Crippen molar-refractivity contribution in [2.24, 2.45) is 7.05 Å². The Morgan fingerprint density at radius 3 is 3.08 bits per heavy atom. The van der Waals surface area contributed by atoms with Gasteiger partial charge < -0.3 is 9.64 Å². The van der Waals surface area contributed by atoms with Gasteiger partial charge in [-0.05, 0) is 19.8 Å². The molecule has 24 heavy (non-hydrogen) atoms. The smallest absolute Gasteiger partial charge is 0.323 e. The molecule has 7 nitrogen and oxygen atoms in total. The van der Waals surface area contributed by atoms with E-state index in [0.717, 1.165) is 42.2 Å². The van der Waals surface area contributed by atoms with E-state index in [4.69, 9.17) is 4.74 Å². The summed E-state index contributed by atoms with van der Waals surface area (Å²) in [5.74, 6) is 0.700. The maximum absolute atomic E-state index is 12.7. The van der Waals surface area contributed by atoms with Gasteiger partial charge >= 0.3 is 6.03 Å². The van der Waals surface area contributed by atoms with E-state index in [1.54, 1.807) is 23.1 Å². The number of rotatable bonds is 5. The Labute approximate surface area is 145 Å². The SMILES string of the molecule is COCCc1cc(NC(=O)N2CCC[C@@H]2c2csc(C)n2)n(C)n1. The van der Waals surface area contributed by atoms with Crippen molar-refractivity contribution in [2.75, 3.05) is 25.6 Å². The molecule has 3 rings (SSSR count). The Bertz CT molecular complexity index is 711. The molecule has 8 heteroatoms. The van der Waals surface area contributed by atoms with Gasteiger partial charge in [-0.1, -0.05) is 0 Å². The van der Waals surface area contributed by atoms with E-state index in [1.165, 1.54) is 0 Å². The normalized spacial score (nSPS) is 17.5. The first kappa shape index (κ1) is 16.9. The second-order valence-electron chi connectivity index (χ2n) is 5.96. The van der Waals surface area contributed by atoms with Crippen molar-refractivity contribution in [3.63, 3.8) is 0 Å². The maximum atomic E-state index is 12.7. The zero-order valence-corrected chi connectivity index (χ0v) is 15.1. The minimum atomic E-state index is -0.0931. The van der Waals surface area contributed by atoms with E-state index in [9.17, 15) is 4.79 Å². The van der Waals surface area contributed by atoms with Crippen molar-refractivity contribution in [1.82, 2.24) is 19.7 Å². The molecule has 1 saturated heterocycles. The second-order valence-corrected chi connectivity index (χ2v) is 7.02. The number of nitrogens with zero attached hydrogens (tertiary/aromatic N) is 4. The summed E-state index contributed by atoms with van der Waals surface area (Å²) in [4.78, 5) is 19.1. The number of urea groups is 1. The first-order chi connectivity index (χ1) is 11.6. The van der Waals surface area contributed by atoms with Crippen molar-refractivity contribution in [2.45, 2.75) is 32.2 Å². The predicted molar refractivity (Wildman–Crippen MR) is 93.3 cm³/mol. The third-order valence-corrected chi connectivity index (χ3v) is 5.01. The molecule has 0 unspecified atom stereocenters. The number of hydrogen-bond acceptors (Lipinski definition) is 5. The molecule has 1 N–H and O–H groups in total. The molecule has 2 aromatic rings. The predicted octanol–water partition coefficient (Wildman–Crippen LogP) is 2.74. The molecule has 1 fully saturated rings. The number of ether oxygens (including phenoxy) is 1. The highest BCUT2D eigenvalue weighted by atomic mass is 32.1. The van der Waals surface area contributed by atoms with Crippen LogP contribution in [0.2, 0.25) is 0 Å². The van der Waals surface area contributed by atoms with Gasteiger partial charge in [0.15, 0.2) is 0 Å². The quantitative estimate of drug-likeness (QED) is 0.901. The fourth-order valence-electron chi connectivity index (χ4n) is 3.00. The summed E-state index contributed by atoms with van der Waals surface area (Å²) in [6.45, 7) is 3.36. The monoisotopic (exact) mass is 349 g/mol. The molecule has 0 aliphatic carbocycles. The van der Waals surface area contributed by atoms with Crippen molar-refractivity contribution in [3.05, 3.63) is 27.8 Å². The minimum Gasteiger partial charge on any atom is -0.384 e. The second kappa shape index (κ2) is 7.31. The number of carbonyl (C=O) groups excluding carboxylic acids is 1. The maximum Gasteiger partial charge on any atom is 0.323 e. The summed E-state index contributed by atoms with van der Waals surface area (Å²) in [6.07, 6.45) is 2.69. The highest BCUT2D eigenvalue weighted by Crippen LogP contribution is 2.32. The number of thiazole rings is 1. The third kappa shape index (κ3) is 3.59. The summed E-state index contributed by atoms with van der Waals surface area (Å²) in [5, 5.41) is 10.5. The molecular formula is C16H23N5O2S. The van der Waals surface area contributed by atoms with E-state index in [-0.39, 0.29) is 12.1 Å². The van der Waals surface area contributed by atoms with Gasteiger partial charge in [-0.2, -0.15) is 5.10 Å². The van der Waals surface area contributed by atoms with Gasteiger partial charge in [0.25, 0.3) is 0 Å². The molecule has 2 aromatic heterocycles. The molecule has 1 atom stereocenters. The molecule has 0 spiro atoms. The third-order valence-electron chi connectivity index (χ3n) is 4.22. The van der Waals surface area contributed by atoms with Gasteiger partial charge in [-0.25, -0.2) is 9.78 Å². The van der Waals surface area contributed by atoms with Crippen LogP contribution in [0.25, 0.3) is 0 Å².